The molecule has 132 valence electrons. The van der Waals surface area contributed by atoms with Gasteiger partial charge in [0.1, 0.15) is 6.07 Å². The van der Waals surface area contributed by atoms with Crippen LogP contribution in [0.5, 0.6) is 0 Å². The summed E-state index contributed by atoms with van der Waals surface area (Å²) in [6.45, 7) is 4.59. The van der Waals surface area contributed by atoms with Crippen molar-refractivity contribution in [2.45, 2.75) is 20.3 Å². The van der Waals surface area contributed by atoms with Crippen LogP contribution >= 0.6 is 11.6 Å². The van der Waals surface area contributed by atoms with E-state index in [0.29, 0.717) is 30.2 Å². The first-order valence-electron chi connectivity index (χ1n) is 8.22. The third-order valence-corrected chi connectivity index (χ3v) is 5.23. The van der Waals surface area contributed by atoms with Crippen LogP contribution in [0.3, 0.4) is 0 Å². The summed E-state index contributed by atoms with van der Waals surface area (Å²) < 4.78 is 1.47. The van der Waals surface area contributed by atoms with Crippen molar-refractivity contribution < 1.29 is 9.59 Å². The average Bonchev–Trinajstić information content (AvgIpc) is 2.97. The lowest BCUT2D eigenvalue weighted by atomic mass is 9.61. The highest BCUT2D eigenvalue weighted by Crippen LogP contribution is 2.48. The Bertz CT molecular complexity index is 1020. The molecule has 0 bridgehead atoms. The molecule has 0 unspecified atom stereocenters. The van der Waals surface area contributed by atoms with Crippen molar-refractivity contribution in [3.05, 3.63) is 40.8 Å². The van der Waals surface area contributed by atoms with E-state index < -0.39 is 5.41 Å². The van der Waals surface area contributed by atoms with Crippen LogP contribution in [-0.4, -0.2) is 44.3 Å². The molecule has 1 aliphatic heterocycles. The number of hydrogen-bond donors (Lipinski definition) is 0. The van der Waals surface area contributed by atoms with Crippen molar-refractivity contribution in [1.82, 2.24) is 19.5 Å². The van der Waals surface area contributed by atoms with Gasteiger partial charge < -0.3 is 4.90 Å². The Balaban J connectivity index is 1.57. The highest BCUT2D eigenvalue weighted by Gasteiger charge is 2.52. The van der Waals surface area contributed by atoms with Crippen molar-refractivity contribution in [3.63, 3.8) is 0 Å². The third kappa shape index (κ3) is 2.49. The van der Waals surface area contributed by atoms with Gasteiger partial charge >= 0.3 is 0 Å². The van der Waals surface area contributed by atoms with E-state index in [-0.39, 0.29) is 28.5 Å². The van der Waals surface area contributed by atoms with E-state index in [9.17, 15) is 14.9 Å². The second kappa shape index (κ2) is 5.39. The van der Waals surface area contributed by atoms with E-state index in [0.717, 1.165) is 0 Å². The molecule has 7 nitrogen and oxygen atoms in total. The Morgan fingerprint density at radius 1 is 1.35 bits per heavy atom. The standard InChI is InChI=1S/C18H16ClN5O2/c1-17(2)8-18(5-11(6-20)14(17)25)9-23(10-18)16(26)15-21-13-4-3-12(19)7-24(13)22-15/h3-5,7H,8-10H2,1-2H3. The lowest BCUT2D eigenvalue weighted by Gasteiger charge is -2.52. The fourth-order valence-electron chi connectivity index (χ4n) is 3.98. The molecule has 2 aromatic rings. The van der Waals surface area contributed by atoms with Crippen LogP contribution in [0.4, 0.5) is 0 Å². The van der Waals surface area contributed by atoms with E-state index in [1.807, 2.05) is 19.9 Å². The maximum atomic E-state index is 12.7. The van der Waals surface area contributed by atoms with Crippen molar-refractivity contribution in [3.8, 4) is 6.07 Å². The second-order valence-corrected chi connectivity index (χ2v) is 8.11. The zero-order valence-electron chi connectivity index (χ0n) is 14.4. The van der Waals surface area contributed by atoms with Gasteiger partial charge in [0, 0.05) is 30.1 Å². The van der Waals surface area contributed by atoms with Gasteiger partial charge in [0.05, 0.1) is 10.6 Å². The lowest BCUT2D eigenvalue weighted by molar-refractivity contribution is -0.127. The zero-order valence-corrected chi connectivity index (χ0v) is 15.1. The Kier molecular flexibility index (Phi) is 3.47. The van der Waals surface area contributed by atoms with Crippen LogP contribution in [-0.2, 0) is 4.79 Å². The molecule has 2 aliphatic rings. The number of nitrogens with zero attached hydrogens (tertiary/aromatic N) is 5. The summed E-state index contributed by atoms with van der Waals surface area (Å²) in [5.41, 5.74) is -0.203. The highest BCUT2D eigenvalue weighted by atomic mass is 35.5. The number of allylic oxidation sites excluding steroid dienone is 1. The Hall–Kier alpha value is -2.72. The maximum Gasteiger partial charge on any atom is 0.293 e. The van der Waals surface area contributed by atoms with E-state index in [2.05, 4.69) is 10.1 Å². The van der Waals surface area contributed by atoms with Crippen molar-refractivity contribution in [2.75, 3.05) is 13.1 Å². The van der Waals surface area contributed by atoms with Crippen LogP contribution < -0.4 is 0 Å². The molecule has 1 amide bonds. The minimum atomic E-state index is -0.604. The summed E-state index contributed by atoms with van der Waals surface area (Å²) in [6.07, 6.45) is 3.94. The number of rotatable bonds is 1. The number of nitriles is 1. The number of ketones is 1. The first kappa shape index (κ1) is 16.7. The molecular formula is C18H16ClN5O2. The second-order valence-electron chi connectivity index (χ2n) is 7.67. The number of likely N-dealkylation sites (tertiary alicyclic amines) is 1. The van der Waals surface area contributed by atoms with Crippen LogP contribution in [0, 0.1) is 22.2 Å². The summed E-state index contributed by atoms with van der Waals surface area (Å²) >= 11 is 5.93. The molecule has 1 aliphatic carbocycles. The molecule has 0 N–H and O–H groups in total. The van der Waals surface area contributed by atoms with Crippen LogP contribution in [0.25, 0.3) is 5.65 Å². The molecule has 1 spiro atoms. The molecule has 0 radical (unpaired) electrons. The number of aromatic nitrogens is 3. The monoisotopic (exact) mass is 369 g/mol. The van der Waals surface area contributed by atoms with Crippen LogP contribution in [0.1, 0.15) is 30.9 Å². The molecule has 0 atom stereocenters. The number of fused-ring (bicyclic) bond motifs is 1. The van der Waals surface area contributed by atoms with Gasteiger partial charge in [-0.3, -0.25) is 9.59 Å². The number of hydrogen-bond acceptors (Lipinski definition) is 5. The summed E-state index contributed by atoms with van der Waals surface area (Å²) in [7, 11) is 0. The van der Waals surface area contributed by atoms with Gasteiger partial charge in [-0.2, -0.15) is 5.26 Å². The molecular weight excluding hydrogens is 354 g/mol. The molecule has 2 aromatic heterocycles. The highest BCUT2D eigenvalue weighted by molar-refractivity contribution is 6.30. The van der Waals surface area contributed by atoms with E-state index in [1.165, 1.54) is 4.52 Å². The molecule has 1 fully saturated rings. The molecule has 1 saturated heterocycles. The number of pyridine rings is 1. The van der Waals surface area contributed by atoms with Crippen molar-refractivity contribution in [1.29, 1.82) is 5.26 Å². The van der Waals surface area contributed by atoms with Gasteiger partial charge in [-0.1, -0.05) is 31.5 Å². The molecule has 0 aromatic carbocycles. The lowest BCUT2D eigenvalue weighted by Crippen LogP contribution is -2.61. The summed E-state index contributed by atoms with van der Waals surface area (Å²) in [5.74, 6) is -0.288. The van der Waals surface area contributed by atoms with E-state index in [1.54, 1.807) is 29.3 Å². The molecule has 8 heteroatoms. The number of halogens is 1. The third-order valence-electron chi connectivity index (χ3n) is 5.01. The Morgan fingerprint density at radius 2 is 2.08 bits per heavy atom. The number of amides is 1. The predicted octanol–water partition coefficient (Wildman–Crippen LogP) is 2.27. The van der Waals surface area contributed by atoms with Crippen LogP contribution in [0.2, 0.25) is 5.02 Å². The van der Waals surface area contributed by atoms with Crippen molar-refractivity contribution in [2.24, 2.45) is 10.8 Å². The largest absolute Gasteiger partial charge is 0.334 e. The molecule has 3 heterocycles. The number of carbonyl (C=O) groups excluding carboxylic acids is 2. The first-order valence-corrected chi connectivity index (χ1v) is 8.60. The first-order chi connectivity index (χ1) is 12.2. The van der Waals surface area contributed by atoms with Gasteiger partial charge in [0.15, 0.2) is 11.4 Å². The number of Topliss-reactive ketones (excluding diaryl/α,β-unsaturated/α-hetero) is 1. The SMILES string of the molecule is CC1(C)CC2(C=C(C#N)C1=O)CN(C(=O)c1nc3ccc(Cl)cn3n1)C2. The van der Waals surface area contributed by atoms with Gasteiger partial charge in [-0.05, 0) is 18.6 Å². The minimum Gasteiger partial charge on any atom is -0.334 e. The molecule has 0 saturated carbocycles. The fourth-order valence-corrected chi connectivity index (χ4v) is 4.14. The Labute approximate surface area is 154 Å². The van der Waals surface area contributed by atoms with Crippen molar-refractivity contribution >= 4 is 28.9 Å². The maximum absolute atomic E-state index is 12.7. The van der Waals surface area contributed by atoms with E-state index >= 15 is 0 Å². The summed E-state index contributed by atoms with van der Waals surface area (Å²) in [6, 6.07) is 5.38. The average molecular weight is 370 g/mol. The van der Waals surface area contributed by atoms with Gasteiger partial charge in [-0.15, -0.1) is 5.10 Å². The quantitative estimate of drug-likeness (QED) is 0.769. The van der Waals surface area contributed by atoms with Gasteiger partial charge in [-0.25, -0.2) is 9.50 Å². The van der Waals surface area contributed by atoms with Gasteiger partial charge in [0.25, 0.3) is 5.91 Å². The smallest absolute Gasteiger partial charge is 0.293 e. The normalized spacial score (nSPS) is 20.6. The predicted molar refractivity (Wildman–Crippen MR) is 93.4 cm³/mol. The minimum absolute atomic E-state index is 0.109. The topological polar surface area (TPSA) is 91.4 Å². The Morgan fingerprint density at radius 3 is 2.77 bits per heavy atom. The summed E-state index contributed by atoms with van der Waals surface area (Å²) in [5, 5.41) is 13.9. The number of carbonyl (C=O) groups is 2. The molecule has 26 heavy (non-hydrogen) atoms. The summed E-state index contributed by atoms with van der Waals surface area (Å²) in [4.78, 5) is 30.8. The molecule has 4 rings (SSSR count). The fraction of sp³-hybridized carbons (Fsp3) is 0.389. The van der Waals surface area contributed by atoms with E-state index in [4.69, 9.17) is 11.6 Å². The van der Waals surface area contributed by atoms with Crippen LogP contribution in [0.15, 0.2) is 30.0 Å². The van der Waals surface area contributed by atoms with Gasteiger partial charge in [0.2, 0.25) is 5.82 Å². The zero-order chi connectivity index (χ0) is 18.7.